The van der Waals surface area contributed by atoms with Crippen LogP contribution in [0.25, 0.3) is 0 Å². The quantitative estimate of drug-likeness (QED) is 0.190. The summed E-state index contributed by atoms with van der Waals surface area (Å²) in [6, 6.07) is 7.37. The van der Waals surface area contributed by atoms with Crippen molar-refractivity contribution in [1.29, 1.82) is 0 Å². The molecule has 0 bridgehead atoms. The minimum absolute atomic E-state index is 0.00650. The smallest absolute Gasteiger partial charge is 0.258 e. The standard InChI is InChI=1S/C25H15Cl5F3N3O3/c1-9(37)34-18-8-19(17(33)7-16(18)32)36-23(38)12-6-11(2-3-15(12)31)35-24(39)21-20(25(21,29)30)10-4-13(26)22(28)14(27)5-10/h2-8,20-21H,1H3,(H,34,37)(H,35,39)(H,36,38)/t20?,21-/m1/s1. The van der Waals surface area contributed by atoms with Gasteiger partial charge in [-0.05, 0) is 42.0 Å². The number of halogens is 8. The van der Waals surface area contributed by atoms with Gasteiger partial charge in [0.05, 0.1) is 37.9 Å². The van der Waals surface area contributed by atoms with E-state index in [1.807, 2.05) is 0 Å². The molecule has 2 atom stereocenters. The van der Waals surface area contributed by atoms with Crippen molar-refractivity contribution >= 4 is 92.8 Å². The molecule has 14 heteroatoms. The monoisotopic (exact) mass is 637 g/mol. The summed E-state index contributed by atoms with van der Waals surface area (Å²) in [5.41, 5.74) is -1.00. The van der Waals surface area contributed by atoms with Gasteiger partial charge in [0.15, 0.2) is 0 Å². The summed E-state index contributed by atoms with van der Waals surface area (Å²) in [7, 11) is 0. The molecule has 3 aromatic rings. The Morgan fingerprint density at radius 2 is 1.38 bits per heavy atom. The average Bonchev–Trinajstić information content (AvgIpc) is 3.43. The fourth-order valence-corrected chi connectivity index (χ4v) is 5.38. The Kier molecular flexibility index (Phi) is 8.31. The van der Waals surface area contributed by atoms with E-state index in [4.69, 9.17) is 58.0 Å². The molecule has 0 aromatic heterocycles. The third-order valence-corrected chi connectivity index (χ3v) is 7.93. The van der Waals surface area contributed by atoms with Gasteiger partial charge in [-0.1, -0.05) is 34.8 Å². The predicted molar refractivity (Wildman–Crippen MR) is 146 cm³/mol. The van der Waals surface area contributed by atoms with Gasteiger partial charge in [0.2, 0.25) is 11.8 Å². The third-order valence-electron chi connectivity index (χ3n) is 5.80. The molecule has 4 rings (SSSR count). The van der Waals surface area contributed by atoms with Gasteiger partial charge >= 0.3 is 0 Å². The molecule has 1 saturated carbocycles. The SMILES string of the molecule is CC(=O)Nc1cc(NC(=O)c2cc(NC(=O)[C@H]3C(c4cc(Cl)c(Cl)c(Cl)c4)C3(Cl)Cl)ccc2F)c(F)cc1F. The summed E-state index contributed by atoms with van der Waals surface area (Å²) in [6.45, 7) is 1.11. The average molecular weight is 640 g/mol. The number of benzene rings is 3. The van der Waals surface area contributed by atoms with Gasteiger partial charge in [0, 0.05) is 24.6 Å². The van der Waals surface area contributed by atoms with E-state index in [-0.39, 0.29) is 20.8 Å². The lowest BCUT2D eigenvalue weighted by Crippen LogP contribution is -2.19. The molecule has 3 N–H and O–H groups in total. The van der Waals surface area contributed by atoms with E-state index in [1.54, 1.807) is 0 Å². The molecular formula is C25H15Cl5F3N3O3. The van der Waals surface area contributed by atoms with Gasteiger partial charge in [0.25, 0.3) is 5.91 Å². The van der Waals surface area contributed by atoms with Crippen LogP contribution in [-0.2, 0) is 9.59 Å². The van der Waals surface area contributed by atoms with Gasteiger partial charge in [-0.15, -0.1) is 23.2 Å². The summed E-state index contributed by atoms with van der Waals surface area (Å²) < 4.78 is 41.1. The van der Waals surface area contributed by atoms with Crippen LogP contribution in [0, 0.1) is 23.4 Å². The maximum Gasteiger partial charge on any atom is 0.258 e. The van der Waals surface area contributed by atoms with E-state index >= 15 is 0 Å². The highest BCUT2D eigenvalue weighted by atomic mass is 35.5. The van der Waals surface area contributed by atoms with Crippen LogP contribution in [-0.4, -0.2) is 22.1 Å². The van der Waals surface area contributed by atoms with Gasteiger partial charge in [-0.2, -0.15) is 0 Å². The number of carbonyl (C=O) groups is 3. The molecule has 3 aromatic carbocycles. The lowest BCUT2D eigenvalue weighted by atomic mass is 10.1. The van der Waals surface area contributed by atoms with Gasteiger partial charge < -0.3 is 16.0 Å². The minimum Gasteiger partial charge on any atom is -0.326 e. The minimum atomic E-state index is -1.52. The van der Waals surface area contributed by atoms with E-state index in [0.29, 0.717) is 11.6 Å². The Hall–Kier alpha value is -2.69. The summed E-state index contributed by atoms with van der Waals surface area (Å²) >= 11 is 30.8. The Balaban J connectivity index is 1.53. The van der Waals surface area contributed by atoms with Crippen LogP contribution < -0.4 is 16.0 Å². The number of hydrogen-bond acceptors (Lipinski definition) is 3. The van der Waals surface area contributed by atoms with Crippen molar-refractivity contribution in [2.45, 2.75) is 17.2 Å². The van der Waals surface area contributed by atoms with Gasteiger partial charge in [0.1, 0.15) is 21.8 Å². The molecule has 204 valence electrons. The van der Waals surface area contributed by atoms with Gasteiger partial charge in [-0.25, -0.2) is 13.2 Å². The Morgan fingerprint density at radius 3 is 1.97 bits per heavy atom. The van der Waals surface area contributed by atoms with Crippen molar-refractivity contribution in [3.8, 4) is 0 Å². The molecule has 3 amide bonds. The van der Waals surface area contributed by atoms with Crippen LogP contribution in [0.5, 0.6) is 0 Å². The summed E-state index contributed by atoms with van der Waals surface area (Å²) in [6.07, 6.45) is 0. The molecule has 39 heavy (non-hydrogen) atoms. The lowest BCUT2D eigenvalue weighted by Gasteiger charge is -2.12. The van der Waals surface area contributed by atoms with E-state index in [1.165, 1.54) is 18.2 Å². The Labute approximate surface area is 244 Å². The molecule has 1 aliphatic carbocycles. The Morgan fingerprint density at radius 1 is 0.795 bits per heavy atom. The van der Waals surface area contributed by atoms with Crippen LogP contribution in [0.1, 0.15) is 28.8 Å². The van der Waals surface area contributed by atoms with Crippen molar-refractivity contribution in [1.82, 2.24) is 0 Å². The molecular weight excluding hydrogens is 625 g/mol. The number of rotatable bonds is 6. The Bertz CT molecular complexity index is 1510. The number of alkyl halides is 2. The van der Waals surface area contributed by atoms with Crippen LogP contribution in [0.3, 0.4) is 0 Å². The maximum absolute atomic E-state index is 14.5. The fourth-order valence-electron chi connectivity index (χ4n) is 3.94. The highest BCUT2D eigenvalue weighted by Gasteiger charge is 2.67. The zero-order valence-corrected chi connectivity index (χ0v) is 23.2. The zero-order valence-electron chi connectivity index (χ0n) is 19.4. The maximum atomic E-state index is 14.5. The van der Waals surface area contributed by atoms with E-state index < -0.39 is 68.3 Å². The third kappa shape index (κ3) is 6.07. The normalized spacial score (nSPS) is 17.4. The highest BCUT2D eigenvalue weighted by Crippen LogP contribution is 2.65. The fraction of sp³-hybridized carbons (Fsp3) is 0.160. The molecule has 0 saturated heterocycles. The van der Waals surface area contributed by atoms with Crippen molar-refractivity contribution < 1.29 is 27.6 Å². The molecule has 0 spiro atoms. The molecule has 0 radical (unpaired) electrons. The highest BCUT2D eigenvalue weighted by molar-refractivity contribution is 6.54. The second-order valence-electron chi connectivity index (χ2n) is 8.56. The molecule has 0 aliphatic heterocycles. The largest absolute Gasteiger partial charge is 0.326 e. The second-order valence-corrected chi connectivity index (χ2v) is 11.2. The second kappa shape index (κ2) is 11.1. The van der Waals surface area contributed by atoms with Crippen LogP contribution in [0.2, 0.25) is 15.1 Å². The van der Waals surface area contributed by atoms with E-state index in [0.717, 1.165) is 25.1 Å². The number of carbonyl (C=O) groups excluding carboxylic acids is 3. The summed E-state index contributed by atoms with van der Waals surface area (Å²) in [5.74, 6) is -7.28. The number of hydrogen-bond donors (Lipinski definition) is 3. The zero-order chi connectivity index (χ0) is 28.8. The molecule has 0 heterocycles. The van der Waals surface area contributed by atoms with Crippen LogP contribution in [0.15, 0.2) is 42.5 Å². The van der Waals surface area contributed by atoms with E-state index in [9.17, 15) is 27.6 Å². The molecule has 6 nitrogen and oxygen atoms in total. The first kappa shape index (κ1) is 29.3. The van der Waals surface area contributed by atoms with Crippen LogP contribution >= 0.6 is 58.0 Å². The topological polar surface area (TPSA) is 87.3 Å². The number of amides is 3. The summed E-state index contributed by atoms with van der Waals surface area (Å²) in [4.78, 5) is 37.0. The number of anilines is 3. The van der Waals surface area contributed by atoms with Crippen LogP contribution in [0.4, 0.5) is 30.2 Å². The first-order valence-corrected chi connectivity index (χ1v) is 12.8. The first-order valence-electron chi connectivity index (χ1n) is 10.9. The van der Waals surface area contributed by atoms with Crippen molar-refractivity contribution in [2.75, 3.05) is 16.0 Å². The predicted octanol–water partition coefficient (Wildman–Crippen LogP) is 7.80. The lowest BCUT2D eigenvalue weighted by molar-refractivity contribution is -0.117. The van der Waals surface area contributed by atoms with Crippen molar-refractivity contribution in [3.63, 3.8) is 0 Å². The number of nitrogens with one attached hydrogen (secondary N) is 3. The molecule has 1 aliphatic rings. The van der Waals surface area contributed by atoms with E-state index in [2.05, 4.69) is 16.0 Å². The van der Waals surface area contributed by atoms with Crippen molar-refractivity contribution in [3.05, 3.63) is 86.1 Å². The molecule has 1 fully saturated rings. The van der Waals surface area contributed by atoms with Gasteiger partial charge in [-0.3, -0.25) is 14.4 Å². The summed E-state index contributed by atoms with van der Waals surface area (Å²) in [5, 5.41) is 7.20. The molecule has 1 unspecified atom stereocenters. The van der Waals surface area contributed by atoms with Crippen molar-refractivity contribution in [2.24, 2.45) is 5.92 Å². The first-order chi connectivity index (χ1) is 18.2.